The highest BCUT2D eigenvalue weighted by atomic mass is 32.2. The molecule has 112 valence electrons. The maximum absolute atomic E-state index is 12.5. The number of anilines is 1. The first-order chi connectivity index (χ1) is 9.94. The minimum atomic E-state index is -3.55. The van der Waals surface area contributed by atoms with E-state index in [2.05, 4.69) is 4.72 Å². The average molecular weight is 321 g/mol. The van der Waals surface area contributed by atoms with Crippen LogP contribution in [0.3, 0.4) is 0 Å². The Labute approximate surface area is 130 Å². The van der Waals surface area contributed by atoms with Gasteiger partial charge in [0.2, 0.25) is 0 Å². The second-order valence-electron chi connectivity index (χ2n) is 5.02. The Bertz CT molecular complexity index is 707. The summed E-state index contributed by atoms with van der Waals surface area (Å²) in [6.45, 7) is 4.08. The van der Waals surface area contributed by atoms with Crippen LogP contribution in [0.4, 0.5) is 5.69 Å². The highest BCUT2D eigenvalue weighted by Crippen LogP contribution is 2.26. The van der Waals surface area contributed by atoms with Gasteiger partial charge in [0.05, 0.1) is 10.6 Å². The zero-order chi connectivity index (χ0) is 15.5. The zero-order valence-electron chi connectivity index (χ0n) is 12.3. The number of para-hydroxylation sites is 1. The van der Waals surface area contributed by atoms with Crippen LogP contribution in [0.5, 0.6) is 0 Å². The molecule has 0 radical (unpaired) electrons. The number of rotatable bonds is 5. The lowest BCUT2D eigenvalue weighted by molar-refractivity contribution is 0.601. The van der Waals surface area contributed by atoms with Gasteiger partial charge in [0, 0.05) is 4.90 Å². The van der Waals surface area contributed by atoms with Gasteiger partial charge in [0.15, 0.2) is 0 Å². The van der Waals surface area contributed by atoms with Crippen molar-refractivity contribution in [3.8, 4) is 0 Å². The van der Waals surface area contributed by atoms with Gasteiger partial charge in [0.25, 0.3) is 10.0 Å². The number of sulfonamides is 1. The van der Waals surface area contributed by atoms with Crippen molar-refractivity contribution in [2.24, 2.45) is 0 Å². The molecule has 21 heavy (non-hydrogen) atoms. The molecule has 1 N–H and O–H groups in total. The van der Waals surface area contributed by atoms with Gasteiger partial charge in [-0.25, -0.2) is 8.42 Å². The van der Waals surface area contributed by atoms with Gasteiger partial charge in [0.1, 0.15) is 0 Å². The molecule has 0 fully saturated rings. The Morgan fingerprint density at radius 3 is 2.19 bits per heavy atom. The Hall–Kier alpha value is -1.46. The van der Waals surface area contributed by atoms with Crippen LogP contribution in [0.2, 0.25) is 0 Å². The summed E-state index contributed by atoms with van der Waals surface area (Å²) in [6, 6.07) is 14.4. The third-order valence-electron chi connectivity index (χ3n) is 3.20. The number of thioether (sulfide) groups is 1. The van der Waals surface area contributed by atoms with E-state index in [1.807, 2.05) is 50.4 Å². The second-order valence-corrected chi connectivity index (χ2v) is 7.59. The van der Waals surface area contributed by atoms with Gasteiger partial charge in [-0.15, -0.1) is 11.8 Å². The summed E-state index contributed by atoms with van der Waals surface area (Å²) in [7, 11) is -3.55. The largest absolute Gasteiger partial charge is 0.279 e. The molecule has 0 saturated heterocycles. The molecule has 3 nitrogen and oxygen atoms in total. The smallest absolute Gasteiger partial charge is 0.261 e. The molecule has 0 aromatic heterocycles. The van der Waals surface area contributed by atoms with Gasteiger partial charge in [-0.1, -0.05) is 32.0 Å². The molecule has 5 heteroatoms. The monoisotopic (exact) mass is 321 g/mol. The predicted octanol–water partition coefficient (Wildman–Crippen LogP) is 4.33. The maximum atomic E-state index is 12.5. The molecule has 0 saturated carbocycles. The lowest BCUT2D eigenvalue weighted by atomic mass is 10.0. The molecule has 0 aliphatic carbocycles. The first-order valence-corrected chi connectivity index (χ1v) is 9.40. The van der Waals surface area contributed by atoms with Crippen LogP contribution in [-0.2, 0) is 10.0 Å². The van der Waals surface area contributed by atoms with Crippen LogP contribution in [0.1, 0.15) is 25.3 Å². The number of hydrogen-bond donors (Lipinski definition) is 1. The van der Waals surface area contributed by atoms with Crippen LogP contribution in [-0.4, -0.2) is 14.7 Å². The van der Waals surface area contributed by atoms with Crippen LogP contribution in [0.25, 0.3) is 0 Å². The van der Waals surface area contributed by atoms with Crippen LogP contribution < -0.4 is 4.72 Å². The number of benzene rings is 2. The van der Waals surface area contributed by atoms with Gasteiger partial charge >= 0.3 is 0 Å². The van der Waals surface area contributed by atoms with E-state index >= 15 is 0 Å². The van der Waals surface area contributed by atoms with Gasteiger partial charge in [-0.3, -0.25) is 4.72 Å². The van der Waals surface area contributed by atoms with E-state index in [1.54, 1.807) is 30.0 Å². The fourth-order valence-electron chi connectivity index (χ4n) is 2.05. The number of hydrogen-bond acceptors (Lipinski definition) is 3. The average Bonchev–Trinajstić information content (AvgIpc) is 2.47. The summed E-state index contributed by atoms with van der Waals surface area (Å²) in [5, 5.41) is 0. The van der Waals surface area contributed by atoms with E-state index in [0.29, 0.717) is 5.69 Å². The summed E-state index contributed by atoms with van der Waals surface area (Å²) >= 11 is 1.58. The van der Waals surface area contributed by atoms with Crippen LogP contribution in [0, 0.1) is 0 Å². The first-order valence-electron chi connectivity index (χ1n) is 6.70. The molecule has 0 spiro atoms. The second kappa shape index (κ2) is 6.54. The van der Waals surface area contributed by atoms with Gasteiger partial charge in [-0.05, 0) is 48.1 Å². The molecular formula is C16H19NO2S2. The van der Waals surface area contributed by atoms with Crippen LogP contribution in [0.15, 0.2) is 58.3 Å². The van der Waals surface area contributed by atoms with Crippen molar-refractivity contribution in [2.75, 3.05) is 11.0 Å². The molecule has 2 aromatic rings. The molecule has 0 aliphatic heterocycles. The van der Waals surface area contributed by atoms with Crippen molar-refractivity contribution < 1.29 is 8.42 Å². The highest BCUT2D eigenvalue weighted by Gasteiger charge is 2.16. The standard InChI is InChI=1S/C16H19NO2S2/c1-12(2)15-6-4-5-7-16(15)17-21(18,19)14-10-8-13(20-3)9-11-14/h4-12,17H,1-3H3. The lowest BCUT2D eigenvalue weighted by Crippen LogP contribution is -2.14. The van der Waals surface area contributed by atoms with Crippen molar-refractivity contribution in [3.63, 3.8) is 0 Å². The normalized spacial score (nSPS) is 11.6. The van der Waals surface area contributed by atoms with Crippen molar-refractivity contribution in [3.05, 3.63) is 54.1 Å². The van der Waals surface area contributed by atoms with E-state index in [4.69, 9.17) is 0 Å². The minimum absolute atomic E-state index is 0.253. The molecule has 0 bridgehead atoms. The summed E-state index contributed by atoms with van der Waals surface area (Å²) in [5.74, 6) is 0.253. The molecule has 2 rings (SSSR count). The Balaban J connectivity index is 2.33. The summed E-state index contributed by atoms with van der Waals surface area (Å²) in [6.07, 6.45) is 1.96. The van der Waals surface area contributed by atoms with E-state index < -0.39 is 10.0 Å². The van der Waals surface area contributed by atoms with Gasteiger partial charge in [-0.2, -0.15) is 0 Å². The quantitative estimate of drug-likeness (QED) is 0.834. The molecule has 2 aromatic carbocycles. The van der Waals surface area contributed by atoms with Crippen LogP contribution >= 0.6 is 11.8 Å². The Morgan fingerprint density at radius 1 is 1.00 bits per heavy atom. The lowest BCUT2D eigenvalue weighted by Gasteiger charge is -2.15. The maximum Gasteiger partial charge on any atom is 0.261 e. The van der Waals surface area contributed by atoms with Crippen molar-refractivity contribution in [2.45, 2.75) is 29.6 Å². The summed E-state index contributed by atoms with van der Waals surface area (Å²) in [4.78, 5) is 1.32. The number of nitrogens with one attached hydrogen (secondary N) is 1. The van der Waals surface area contributed by atoms with Gasteiger partial charge < -0.3 is 0 Å². The zero-order valence-corrected chi connectivity index (χ0v) is 14.0. The Morgan fingerprint density at radius 2 is 1.62 bits per heavy atom. The van der Waals surface area contributed by atoms with Crippen molar-refractivity contribution in [1.29, 1.82) is 0 Å². The first kappa shape index (κ1) is 15.9. The highest BCUT2D eigenvalue weighted by molar-refractivity contribution is 7.98. The molecule has 0 aliphatic rings. The molecular weight excluding hydrogens is 302 g/mol. The summed E-state index contributed by atoms with van der Waals surface area (Å²) in [5.41, 5.74) is 1.63. The van der Waals surface area contributed by atoms with Crippen molar-refractivity contribution >= 4 is 27.5 Å². The molecule has 0 amide bonds. The van der Waals surface area contributed by atoms with E-state index in [1.165, 1.54) is 0 Å². The molecule has 0 unspecified atom stereocenters. The summed E-state index contributed by atoms with van der Waals surface area (Å²) < 4.78 is 27.6. The van der Waals surface area contributed by atoms with E-state index in [0.717, 1.165) is 10.5 Å². The third kappa shape index (κ3) is 3.80. The van der Waals surface area contributed by atoms with Crippen molar-refractivity contribution in [1.82, 2.24) is 0 Å². The fourth-order valence-corrected chi connectivity index (χ4v) is 3.55. The minimum Gasteiger partial charge on any atom is -0.279 e. The predicted molar refractivity (Wildman–Crippen MR) is 89.6 cm³/mol. The SMILES string of the molecule is CSc1ccc(S(=O)(=O)Nc2ccccc2C(C)C)cc1. The fraction of sp³-hybridized carbons (Fsp3) is 0.250. The topological polar surface area (TPSA) is 46.2 Å². The molecule has 0 heterocycles. The van der Waals surface area contributed by atoms with E-state index in [9.17, 15) is 8.42 Å². The third-order valence-corrected chi connectivity index (χ3v) is 5.32. The van der Waals surface area contributed by atoms with E-state index in [-0.39, 0.29) is 10.8 Å². The molecule has 0 atom stereocenters. The Kier molecular flexibility index (Phi) is 4.96.